The van der Waals surface area contributed by atoms with Crippen molar-refractivity contribution in [2.24, 2.45) is 0 Å². The summed E-state index contributed by atoms with van der Waals surface area (Å²) in [4.78, 5) is 11.0. The number of ether oxygens (including phenoxy) is 3. The molecule has 0 fully saturated rings. The molecule has 5 heteroatoms. The second kappa shape index (κ2) is 16.5. The fourth-order valence-corrected chi connectivity index (χ4v) is 5.24. The van der Waals surface area contributed by atoms with Crippen LogP contribution in [0.5, 0.6) is 11.5 Å². The van der Waals surface area contributed by atoms with Gasteiger partial charge in [-0.15, -0.1) is 0 Å². The summed E-state index contributed by atoms with van der Waals surface area (Å²) in [6.07, 6.45) is 5.46. The highest BCUT2D eigenvalue weighted by atomic mass is 19.1. The summed E-state index contributed by atoms with van der Waals surface area (Å²) in [5.41, 5.74) is 8.96. The van der Waals surface area contributed by atoms with Gasteiger partial charge < -0.3 is 14.2 Å². The van der Waals surface area contributed by atoms with Gasteiger partial charge in [0.1, 0.15) is 11.5 Å². The van der Waals surface area contributed by atoms with Crippen LogP contribution in [-0.2, 0) is 16.0 Å². The van der Waals surface area contributed by atoms with E-state index >= 15 is 0 Å². The van der Waals surface area contributed by atoms with Gasteiger partial charge in [-0.3, -0.25) is 0 Å². The third-order valence-corrected chi connectivity index (χ3v) is 7.63. The van der Waals surface area contributed by atoms with E-state index in [1.807, 2.05) is 24.3 Å². The summed E-state index contributed by atoms with van der Waals surface area (Å²) in [5, 5.41) is 0. The maximum atomic E-state index is 15.0. The Morgan fingerprint density at radius 1 is 0.773 bits per heavy atom. The number of esters is 1. The van der Waals surface area contributed by atoms with Crippen molar-refractivity contribution in [2.45, 2.75) is 65.7 Å². The molecule has 4 aromatic carbocycles. The van der Waals surface area contributed by atoms with Gasteiger partial charge in [-0.1, -0.05) is 68.5 Å². The van der Waals surface area contributed by atoms with E-state index in [4.69, 9.17) is 14.2 Å². The molecule has 0 spiro atoms. The zero-order chi connectivity index (χ0) is 31.3. The molecule has 0 heterocycles. The van der Waals surface area contributed by atoms with Crippen LogP contribution in [0.4, 0.5) is 4.39 Å². The van der Waals surface area contributed by atoms with Gasteiger partial charge in [-0.2, -0.15) is 4.39 Å². The molecule has 4 rings (SSSR count). The molecule has 0 radical (unpaired) electrons. The number of rotatable bonds is 16. The zero-order valence-corrected chi connectivity index (χ0v) is 26.1. The highest BCUT2D eigenvalue weighted by Crippen LogP contribution is 2.32. The average Bonchev–Trinajstić information content (AvgIpc) is 3.03. The number of halogens is 1. The molecule has 1 atom stereocenters. The van der Waals surface area contributed by atoms with E-state index in [0.29, 0.717) is 30.3 Å². The number of hydrogen-bond donors (Lipinski definition) is 0. The fraction of sp³-hybridized carbons (Fsp3) is 0.308. The van der Waals surface area contributed by atoms with E-state index in [1.165, 1.54) is 33.9 Å². The van der Waals surface area contributed by atoms with E-state index in [0.717, 1.165) is 49.7 Å². The number of benzene rings is 4. The Bertz CT molecular complexity index is 1510. The first-order valence-corrected chi connectivity index (χ1v) is 15.5. The van der Waals surface area contributed by atoms with Crippen molar-refractivity contribution in [3.8, 4) is 33.8 Å². The van der Waals surface area contributed by atoms with Crippen LogP contribution in [0.2, 0.25) is 0 Å². The summed E-state index contributed by atoms with van der Waals surface area (Å²) in [7, 11) is 0. The van der Waals surface area contributed by atoms with E-state index in [1.54, 1.807) is 24.3 Å². The Kier molecular flexibility index (Phi) is 12.2. The lowest BCUT2D eigenvalue weighted by atomic mass is 9.93. The SMILES string of the molecule is C=CC(=O)OCCCCCCOc1ccc(C(F)Oc2ccc(-c3ccc(-c4ccc(CCC)cc4C)cc3C)cc2)cc1. The summed E-state index contributed by atoms with van der Waals surface area (Å²) in [6, 6.07) is 27.8. The second-order valence-electron chi connectivity index (χ2n) is 11.1. The van der Waals surface area contributed by atoms with Crippen LogP contribution < -0.4 is 9.47 Å². The Hall–Kier alpha value is -4.38. The van der Waals surface area contributed by atoms with E-state index < -0.39 is 6.36 Å². The predicted octanol–water partition coefficient (Wildman–Crippen LogP) is 10.3. The molecule has 1 unspecified atom stereocenters. The highest BCUT2D eigenvalue weighted by molar-refractivity contribution is 5.81. The van der Waals surface area contributed by atoms with Crippen molar-refractivity contribution >= 4 is 5.97 Å². The summed E-state index contributed by atoms with van der Waals surface area (Å²) >= 11 is 0. The van der Waals surface area contributed by atoms with Gasteiger partial charge in [-0.25, -0.2) is 4.79 Å². The van der Waals surface area contributed by atoms with E-state index in [9.17, 15) is 9.18 Å². The maximum absolute atomic E-state index is 15.0. The zero-order valence-electron chi connectivity index (χ0n) is 26.1. The molecular formula is C39H43FO4. The van der Waals surface area contributed by atoms with Gasteiger partial charge >= 0.3 is 5.97 Å². The third kappa shape index (κ3) is 9.31. The van der Waals surface area contributed by atoms with Crippen LogP contribution in [0.15, 0.2) is 97.6 Å². The minimum Gasteiger partial charge on any atom is -0.494 e. The van der Waals surface area contributed by atoms with Crippen LogP contribution in [0, 0.1) is 13.8 Å². The molecule has 44 heavy (non-hydrogen) atoms. The number of aryl methyl sites for hydroxylation is 3. The molecule has 0 aromatic heterocycles. The summed E-state index contributed by atoms with van der Waals surface area (Å²) in [5.74, 6) is 0.774. The normalized spacial score (nSPS) is 11.5. The topological polar surface area (TPSA) is 44.8 Å². The van der Waals surface area contributed by atoms with Crippen molar-refractivity contribution < 1.29 is 23.4 Å². The van der Waals surface area contributed by atoms with Gasteiger partial charge in [0, 0.05) is 11.6 Å². The van der Waals surface area contributed by atoms with Crippen LogP contribution >= 0.6 is 0 Å². The quantitative estimate of drug-likeness (QED) is 0.0735. The highest BCUT2D eigenvalue weighted by Gasteiger charge is 2.13. The number of alkyl halides is 1. The van der Waals surface area contributed by atoms with Gasteiger partial charge in [0.15, 0.2) is 0 Å². The minimum atomic E-state index is -1.59. The van der Waals surface area contributed by atoms with Crippen molar-refractivity contribution in [1.82, 2.24) is 0 Å². The molecular weight excluding hydrogens is 551 g/mol. The molecule has 0 N–H and O–H groups in total. The molecule has 0 aliphatic rings. The van der Waals surface area contributed by atoms with Crippen molar-refractivity contribution in [1.29, 1.82) is 0 Å². The smallest absolute Gasteiger partial charge is 0.330 e. The number of hydrogen-bond acceptors (Lipinski definition) is 4. The molecule has 230 valence electrons. The predicted molar refractivity (Wildman–Crippen MR) is 177 cm³/mol. The Labute approximate surface area is 261 Å². The maximum Gasteiger partial charge on any atom is 0.330 e. The molecule has 4 nitrogen and oxygen atoms in total. The van der Waals surface area contributed by atoms with Crippen LogP contribution in [0.25, 0.3) is 22.3 Å². The van der Waals surface area contributed by atoms with Gasteiger partial charge in [-0.05, 0) is 121 Å². The second-order valence-corrected chi connectivity index (χ2v) is 11.1. The van der Waals surface area contributed by atoms with Crippen LogP contribution in [0.3, 0.4) is 0 Å². The van der Waals surface area contributed by atoms with Crippen LogP contribution in [0.1, 0.15) is 67.6 Å². The molecule has 0 amide bonds. The number of unbranched alkanes of at least 4 members (excludes halogenated alkanes) is 3. The molecule has 0 aliphatic carbocycles. The largest absolute Gasteiger partial charge is 0.494 e. The molecule has 0 saturated heterocycles. The molecule has 4 aromatic rings. The first-order valence-electron chi connectivity index (χ1n) is 15.5. The lowest BCUT2D eigenvalue weighted by Crippen LogP contribution is -2.03. The first-order chi connectivity index (χ1) is 21.4. The lowest BCUT2D eigenvalue weighted by Gasteiger charge is -2.14. The molecule has 0 aliphatic heterocycles. The minimum absolute atomic E-state index is 0.387. The summed E-state index contributed by atoms with van der Waals surface area (Å²) < 4.78 is 31.3. The van der Waals surface area contributed by atoms with E-state index in [-0.39, 0.29) is 5.97 Å². The fourth-order valence-electron chi connectivity index (χ4n) is 5.24. The third-order valence-electron chi connectivity index (χ3n) is 7.63. The standard InChI is InChI=1S/C39H43FO4/c1-5-11-30-12-22-37(28(3)26-30)33-17-23-36(29(4)27-33)31-13-20-35(21-14-31)44-39(40)32-15-18-34(19-16-32)42-24-9-7-8-10-25-43-38(41)6-2/h6,12-23,26-27,39H,2,5,7-11,24-25H2,1,3-4H3. The molecule has 0 bridgehead atoms. The monoisotopic (exact) mass is 594 g/mol. The van der Waals surface area contributed by atoms with Crippen molar-refractivity contribution in [3.05, 3.63) is 120 Å². The lowest BCUT2D eigenvalue weighted by molar-refractivity contribution is -0.137. The Morgan fingerprint density at radius 3 is 2.05 bits per heavy atom. The van der Waals surface area contributed by atoms with E-state index in [2.05, 4.69) is 63.7 Å². The van der Waals surface area contributed by atoms with Crippen molar-refractivity contribution in [2.75, 3.05) is 13.2 Å². The average molecular weight is 595 g/mol. The van der Waals surface area contributed by atoms with Crippen LogP contribution in [-0.4, -0.2) is 19.2 Å². The number of carbonyl (C=O) groups is 1. The van der Waals surface area contributed by atoms with Crippen molar-refractivity contribution in [3.63, 3.8) is 0 Å². The van der Waals surface area contributed by atoms with Gasteiger partial charge in [0.25, 0.3) is 6.36 Å². The Morgan fingerprint density at radius 2 is 1.39 bits per heavy atom. The first kappa shape index (κ1) is 32.5. The van der Waals surface area contributed by atoms with Gasteiger partial charge in [0.05, 0.1) is 13.2 Å². The van der Waals surface area contributed by atoms with Gasteiger partial charge in [0.2, 0.25) is 0 Å². The number of carbonyl (C=O) groups excluding carboxylic acids is 1. The Balaban J connectivity index is 1.26. The molecule has 0 saturated carbocycles. The summed E-state index contributed by atoms with van der Waals surface area (Å²) in [6.45, 7) is 10.9.